The predicted octanol–water partition coefficient (Wildman–Crippen LogP) is 3.31. The molecule has 1 saturated carbocycles. The summed E-state index contributed by atoms with van der Waals surface area (Å²) < 4.78 is 0. The number of pyridine rings is 1. The van der Waals surface area contributed by atoms with E-state index in [9.17, 15) is 9.59 Å². The largest absolute Gasteiger partial charge is 0.354 e. The van der Waals surface area contributed by atoms with Crippen molar-refractivity contribution in [2.75, 3.05) is 11.9 Å². The number of nitrogens with two attached hydrogens (primary N) is 1. The summed E-state index contributed by atoms with van der Waals surface area (Å²) in [5, 5.41) is 8.02. The van der Waals surface area contributed by atoms with Gasteiger partial charge in [-0.2, -0.15) is 0 Å². The Balaban J connectivity index is 1.45. The van der Waals surface area contributed by atoms with Crippen molar-refractivity contribution in [2.45, 2.75) is 51.0 Å². The summed E-state index contributed by atoms with van der Waals surface area (Å²) in [7, 11) is 0. The monoisotopic (exact) mass is 414 g/mol. The summed E-state index contributed by atoms with van der Waals surface area (Å²) in [4.78, 5) is 30.3. The van der Waals surface area contributed by atoms with Crippen LogP contribution in [0.1, 0.15) is 44.4 Å². The summed E-state index contributed by atoms with van der Waals surface area (Å²) >= 11 is 1.70. The molecular formula is C22H30N4O2S. The number of nitrogens with one attached hydrogen (secondary N) is 2. The predicted molar refractivity (Wildman–Crippen MR) is 117 cm³/mol. The van der Waals surface area contributed by atoms with E-state index in [-0.39, 0.29) is 29.1 Å². The Morgan fingerprint density at radius 2 is 1.90 bits per heavy atom. The van der Waals surface area contributed by atoms with Crippen LogP contribution in [0.25, 0.3) is 0 Å². The van der Waals surface area contributed by atoms with Crippen molar-refractivity contribution < 1.29 is 9.59 Å². The third kappa shape index (κ3) is 5.64. The van der Waals surface area contributed by atoms with Crippen molar-refractivity contribution in [3.05, 3.63) is 46.9 Å². The standard InChI is InChI=1S/C22H30N4O2S/c1-22(2,18-4-3-13-29-18)14-25-21(28)19(23)15-5-7-16(8-6-15)20(27)26-17-9-11-24-12-10-17/h3-4,9-13,15-16,19H,5-8,14,23H2,1-2H3,(H,25,28)(H,24,26,27). The summed E-state index contributed by atoms with van der Waals surface area (Å²) in [6.45, 7) is 4.80. The molecule has 1 fully saturated rings. The van der Waals surface area contributed by atoms with Gasteiger partial charge in [-0.25, -0.2) is 0 Å². The molecule has 2 aromatic rings. The van der Waals surface area contributed by atoms with Crippen molar-refractivity contribution in [1.29, 1.82) is 0 Å². The topological polar surface area (TPSA) is 97.1 Å². The zero-order valence-electron chi connectivity index (χ0n) is 17.1. The van der Waals surface area contributed by atoms with Gasteiger partial charge in [0.15, 0.2) is 0 Å². The third-order valence-corrected chi connectivity index (χ3v) is 7.03. The first kappa shape index (κ1) is 21.5. The Labute approximate surface area is 176 Å². The highest BCUT2D eigenvalue weighted by atomic mass is 32.1. The number of amides is 2. The van der Waals surface area contributed by atoms with Gasteiger partial charge >= 0.3 is 0 Å². The maximum Gasteiger partial charge on any atom is 0.237 e. The van der Waals surface area contributed by atoms with Crippen molar-refractivity contribution in [1.82, 2.24) is 10.3 Å². The van der Waals surface area contributed by atoms with E-state index in [1.54, 1.807) is 35.9 Å². The van der Waals surface area contributed by atoms with E-state index in [1.807, 2.05) is 11.4 Å². The molecule has 1 atom stereocenters. The van der Waals surface area contributed by atoms with Crippen LogP contribution in [0.5, 0.6) is 0 Å². The average Bonchev–Trinajstić information content (AvgIpc) is 3.28. The number of hydrogen-bond acceptors (Lipinski definition) is 5. The fourth-order valence-electron chi connectivity index (χ4n) is 3.81. The summed E-state index contributed by atoms with van der Waals surface area (Å²) in [6.07, 6.45) is 6.40. The van der Waals surface area contributed by atoms with Crippen LogP contribution in [0.2, 0.25) is 0 Å². The van der Waals surface area contributed by atoms with E-state index < -0.39 is 6.04 Å². The van der Waals surface area contributed by atoms with Gasteiger partial charge in [0.1, 0.15) is 0 Å². The average molecular weight is 415 g/mol. The van der Waals surface area contributed by atoms with E-state index in [0.717, 1.165) is 31.4 Å². The SMILES string of the molecule is CC(C)(CNC(=O)C(N)C1CCC(C(=O)Nc2ccncc2)CC1)c1cccs1. The summed E-state index contributed by atoms with van der Waals surface area (Å²) in [5.41, 5.74) is 6.91. The molecule has 0 radical (unpaired) electrons. The van der Waals surface area contributed by atoms with Crippen LogP contribution in [0.15, 0.2) is 42.0 Å². The normalized spacial score (nSPS) is 20.7. The molecule has 1 aliphatic rings. The lowest BCUT2D eigenvalue weighted by Gasteiger charge is -2.32. The zero-order chi connectivity index (χ0) is 20.9. The van der Waals surface area contributed by atoms with Gasteiger partial charge in [0.2, 0.25) is 11.8 Å². The molecule has 6 nitrogen and oxygen atoms in total. The quantitative estimate of drug-likeness (QED) is 0.647. The molecule has 2 amide bonds. The van der Waals surface area contributed by atoms with E-state index in [0.29, 0.717) is 6.54 Å². The summed E-state index contributed by atoms with van der Waals surface area (Å²) in [5.74, 6) is 0.0157. The molecule has 156 valence electrons. The lowest BCUT2D eigenvalue weighted by molar-refractivity contribution is -0.124. The van der Waals surface area contributed by atoms with Gasteiger partial charge in [-0.3, -0.25) is 14.6 Å². The Hall–Kier alpha value is -2.25. The number of carbonyl (C=O) groups excluding carboxylic acids is 2. The first-order valence-electron chi connectivity index (χ1n) is 10.1. The Morgan fingerprint density at radius 3 is 2.52 bits per heavy atom. The van der Waals surface area contributed by atoms with Gasteiger partial charge in [-0.05, 0) is 55.2 Å². The highest BCUT2D eigenvalue weighted by molar-refractivity contribution is 7.10. The minimum Gasteiger partial charge on any atom is -0.354 e. The molecule has 0 spiro atoms. The van der Waals surface area contributed by atoms with Crippen molar-refractivity contribution in [2.24, 2.45) is 17.6 Å². The van der Waals surface area contributed by atoms with Gasteiger partial charge in [-0.1, -0.05) is 19.9 Å². The van der Waals surface area contributed by atoms with Gasteiger partial charge in [-0.15, -0.1) is 11.3 Å². The molecular weight excluding hydrogens is 384 g/mol. The van der Waals surface area contributed by atoms with Crippen LogP contribution in [0.4, 0.5) is 5.69 Å². The molecule has 0 aliphatic heterocycles. The minimum atomic E-state index is -0.529. The van der Waals surface area contributed by atoms with Gasteiger partial charge < -0.3 is 16.4 Å². The molecule has 0 aromatic carbocycles. The van der Waals surface area contributed by atoms with Gasteiger partial charge in [0.05, 0.1) is 6.04 Å². The van der Waals surface area contributed by atoms with Crippen molar-refractivity contribution >= 4 is 28.8 Å². The second-order valence-corrected chi connectivity index (χ2v) is 9.39. The van der Waals surface area contributed by atoms with Gasteiger partial charge in [0.25, 0.3) is 0 Å². The molecule has 1 unspecified atom stereocenters. The molecule has 0 bridgehead atoms. The number of rotatable bonds is 7. The van der Waals surface area contributed by atoms with Crippen molar-refractivity contribution in [3.63, 3.8) is 0 Å². The molecule has 4 N–H and O–H groups in total. The van der Waals surface area contributed by atoms with E-state index in [1.165, 1.54) is 4.88 Å². The number of thiophene rings is 1. The molecule has 1 aliphatic carbocycles. The highest BCUT2D eigenvalue weighted by Crippen LogP contribution is 2.31. The fraction of sp³-hybridized carbons (Fsp3) is 0.500. The summed E-state index contributed by atoms with van der Waals surface area (Å²) in [6, 6.07) is 7.15. The van der Waals surface area contributed by atoms with Crippen LogP contribution in [0, 0.1) is 11.8 Å². The Bertz CT molecular complexity index is 799. The number of hydrogen-bond donors (Lipinski definition) is 3. The molecule has 2 heterocycles. The minimum absolute atomic E-state index is 0.0328. The third-order valence-electron chi connectivity index (χ3n) is 5.79. The lowest BCUT2D eigenvalue weighted by atomic mass is 9.78. The highest BCUT2D eigenvalue weighted by Gasteiger charge is 2.33. The van der Waals surface area contributed by atoms with E-state index >= 15 is 0 Å². The van der Waals surface area contributed by atoms with Gasteiger partial charge in [0, 0.05) is 40.8 Å². The van der Waals surface area contributed by atoms with Crippen LogP contribution in [0.3, 0.4) is 0 Å². The Kier molecular flexibility index (Phi) is 7.03. The number of anilines is 1. The smallest absolute Gasteiger partial charge is 0.237 e. The number of carbonyl (C=O) groups is 2. The van der Waals surface area contributed by atoms with E-state index in [2.05, 4.69) is 35.5 Å². The van der Waals surface area contributed by atoms with Crippen LogP contribution < -0.4 is 16.4 Å². The molecule has 7 heteroatoms. The fourth-order valence-corrected chi connectivity index (χ4v) is 4.66. The second kappa shape index (κ2) is 9.50. The second-order valence-electron chi connectivity index (χ2n) is 8.44. The molecule has 29 heavy (non-hydrogen) atoms. The van der Waals surface area contributed by atoms with E-state index in [4.69, 9.17) is 5.73 Å². The van der Waals surface area contributed by atoms with Crippen molar-refractivity contribution in [3.8, 4) is 0 Å². The lowest BCUT2D eigenvalue weighted by Crippen LogP contribution is -2.49. The maximum atomic E-state index is 12.6. The molecule has 3 rings (SSSR count). The number of aromatic nitrogens is 1. The number of nitrogens with zero attached hydrogens (tertiary/aromatic N) is 1. The molecule has 2 aromatic heterocycles. The first-order valence-corrected chi connectivity index (χ1v) is 11.0. The first-order chi connectivity index (χ1) is 13.9. The van der Waals surface area contributed by atoms with Crippen LogP contribution in [-0.2, 0) is 15.0 Å². The maximum absolute atomic E-state index is 12.6. The zero-order valence-corrected chi connectivity index (χ0v) is 17.9. The van der Waals surface area contributed by atoms with Crippen LogP contribution in [-0.4, -0.2) is 29.4 Å². The van der Waals surface area contributed by atoms with Crippen LogP contribution >= 0.6 is 11.3 Å². The Morgan fingerprint density at radius 1 is 1.21 bits per heavy atom. The molecule has 0 saturated heterocycles.